The fourth-order valence-electron chi connectivity index (χ4n) is 2.50. The van der Waals surface area contributed by atoms with E-state index < -0.39 is 0 Å². The number of nitrogens with one attached hydrogen (secondary N) is 1. The first-order valence-corrected chi connectivity index (χ1v) is 7.47. The molecule has 116 valence electrons. The summed E-state index contributed by atoms with van der Waals surface area (Å²) in [6, 6.07) is 15.3. The van der Waals surface area contributed by atoms with Crippen molar-refractivity contribution in [2.75, 3.05) is 11.9 Å². The van der Waals surface area contributed by atoms with Crippen LogP contribution >= 0.6 is 0 Å². The molecule has 0 atom stereocenters. The summed E-state index contributed by atoms with van der Waals surface area (Å²) < 4.78 is 5.61. The Bertz CT molecular complexity index is 854. The van der Waals surface area contributed by atoms with Crippen LogP contribution in [0.2, 0.25) is 0 Å². The summed E-state index contributed by atoms with van der Waals surface area (Å²) >= 11 is 0. The topological polar surface area (TPSA) is 51.2 Å². The SMILES string of the molecule is Cc1ccc(OCC(=O)Nc2cccc3ncccc23)c(C)c1. The lowest BCUT2D eigenvalue weighted by Gasteiger charge is -2.11. The van der Waals surface area contributed by atoms with Crippen molar-refractivity contribution < 1.29 is 9.53 Å². The molecule has 0 fully saturated rings. The molecule has 4 heteroatoms. The zero-order chi connectivity index (χ0) is 16.2. The van der Waals surface area contributed by atoms with E-state index >= 15 is 0 Å². The normalized spacial score (nSPS) is 10.5. The van der Waals surface area contributed by atoms with Crippen LogP contribution in [0.4, 0.5) is 5.69 Å². The Labute approximate surface area is 135 Å². The van der Waals surface area contributed by atoms with Gasteiger partial charge in [0, 0.05) is 11.6 Å². The van der Waals surface area contributed by atoms with Gasteiger partial charge in [-0.3, -0.25) is 9.78 Å². The number of pyridine rings is 1. The van der Waals surface area contributed by atoms with Crippen molar-refractivity contribution in [1.29, 1.82) is 0 Å². The number of ether oxygens (including phenoxy) is 1. The van der Waals surface area contributed by atoms with Gasteiger partial charge in [-0.15, -0.1) is 0 Å². The van der Waals surface area contributed by atoms with Gasteiger partial charge >= 0.3 is 0 Å². The molecule has 1 heterocycles. The highest BCUT2D eigenvalue weighted by Gasteiger charge is 2.08. The fourth-order valence-corrected chi connectivity index (χ4v) is 2.50. The van der Waals surface area contributed by atoms with Crippen molar-refractivity contribution in [3.63, 3.8) is 0 Å². The molecule has 4 nitrogen and oxygen atoms in total. The highest BCUT2D eigenvalue weighted by molar-refractivity contribution is 6.01. The molecule has 0 unspecified atom stereocenters. The summed E-state index contributed by atoms with van der Waals surface area (Å²) in [7, 11) is 0. The third-order valence-corrected chi connectivity index (χ3v) is 3.61. The quantitative estimate of drug-likeness (QED) is 0.796. The number of nitrogens with zero attached hydrogens (tertiary/aromatic N) is 1. The van der Waals surface area contributed by atoms with Crippen LogP contribution in [0.3, 0.4) is 0 Å². The number of aromatic nitrogens is 1. The minimum Gasteiger partial charge on any atom is -0.483 e. The molecular formula is C19H18N2O2. The van der Waals surface area contributed by atoms with Crippen LogP contribution in [-0.2, 0) is 4.79 Å². The molecule has 0 spiro atoms. The molecular weight excluding hydrogens is 288 g/mol. The molecule has 1 aromatic heterocycles. The van der Waals surface area contributed by atoms with E-state index in [1.807, 2.05) is 62.4 Å². The van der Waals surface area contributed by atoms with Gasteiger partial charge in [-0.1, -0.05) is 23.8 Å². The van der Waals surface area contributed by atoms with Gasteiger partial charge in [0.15, 0.2) is 6.61 Å². The molecule has 23 heavy (non-hydrogen) atoms. The Morgan fingerprint density at radius 1 is 1.13 bits per heavy atom. The Balaban J connectivity index is 1.69. The number of carbonyl (C=O) groups excluding carboxylic acids is 1. The first-order chi connectivity index (χ1) is 11.1. The average molecular weight is 306 g/mol. The Morgan fingerprint density at radius 2 is 2.00 bits per heavy atom. The number of anilines is 1. The number of carbonyl (C=O) groups is 1. The van der Waals surface area contributed by atoms with Gasteiger partial charge in [0.2, 0.25) is 0 Å². The molecule has 0 bridgehead atoms. The summed E-state index contributed by atoms with van der Waals surface area (Å²) in [6.45, 7) is 3.97. The summed E-state index contributed by atoms with van der Waals surface area (Å²) in [5.41, 5.74) is 3.78. The number of benzene rings is 2. The maximum absolute atomic E-state index is 12.2. The van der Waals surface area contributed by atoms with E-state index in [0.29, 0.717) is 0 Å². The van der Waals surface area contributed by atoms with Crippen molar-refractivity contribution in [2.24, 2.45) is 0 Å². The largest absolute Gasteiger partial charge is 0.483 e. The number of rotatable bonds is 4. The van der Waals surface area contributed by atoms with Gasteiger partial charge in [0.1, 0.15) is 5.75 Å². The van der Waals surface area contributed by atoms with E-state index in [1.54, 1.807) is 6.20 Å². The van der Waals surface area contributed by atoms with E-state index in [-0.39, 0.29) is 12.5 Å². The van der Waals surface area contributed by atoms with Gasteiger partial charge in [-0.05, 0) is 49.7 Å². The maximum Gasteiger partial charge on any atom is 0.262 e. The summed E-state index contributed by atoms with van der Waals surface area (Å²) in [5, 5.41) is 3.79. The predicted octanol–water partition coefficient (Wildman–Crippen LogP) is 3.87. The molecule has 0 aliphatic heterocycles. The highest BCUT2D eigenvalue weighted by Crippen LogP contribution is 2.22. The lowest BCUT2D eigenvalue weighted by atomic mass is 10.1. The van der Waals surface area contributed by atoms with E-state index in [2.05, 4.69) is 10.3 Å². The van der Waals surface area contributed by atoms with Crippen molar-refractivity contribution >= 4 is 22.5 Å². The molecule has 1 N–H and O–H groups in total. The van der Waals surface area contributed by atoms with Gasteiger partial charge < -0.3 is 10.1 Å². The lowest BCUT2D eigenvalue weighted by Crippen LogP contribution is -2.20. The molecule has 0 aliphatic carbocycles. The van der Waals surface area contributed by atoms with Crippen LogP contribution in [-0.4, -0.2) is 17.5 Å². The fraction of sp³-hybridized carbons (Fsp3) is 0.158. The molecule has 3 rings (SSSR count). The zero-order valence-electron chi connectivity index (χ0n) is 13.2. The molecule has 0 radical (unpaired) electrons. The van der Waals surface area contributed by atoms with Crippen LogP contribution in [0.5, 0.6) is 5.75 Å². The first-order valence-electron chi connectivity index (χ1n) is 7.47. The average Bonchev–Trinajstić information content (AvgIpc) is 2.54. The van der Waals surface area contributed by atoms with Crippen LogP contribution in [0, 0.1) is 13.8 Å². The Hall–Kier alpha value is -2.88. The molecule has 1 amide bonds. The monoisotopic (exact) mass is 306 g/mol. The number of amides is 1. The van der Waals surface area contributed by atoms with Crippen molar-refractivity contribution in [1.82, 2.24) is 4.98 Å². The van der Waals surface area contributed by atoms with Crippen LogP contribution in [0.15, 0.2) is 54.7 Å². The standard InChI is InChI=1S/C19H18N2O2/c1-13-8-9-18(14(2)11-13)23-12-19(22)21-17-7-3-6-16-15(17)5-4-10-20-16/h3-11H,12H2,1-2H3,(H,21,22). The van der Waals surface area contributed by atoms with Gasteiger partial charge in [-0.25, -0.2) is 0 Å². The number of fused-ring (bicyclic) bond motifs is 1. The third kappa shape index (κ3) is 3.48. The molecule has 0 saturated carbocycles. The van der Waals surface area contributed by atoms with Gasteiger partial charge in [0.05, 0.1) is 11.2 Å². The minimum atomic E-state index is -0.193. The minimum absolute atomic E-state index is 0.0272. The number of hydrogen-bond donors (Lipinski definition) is 1. The third-order valence-electron chi connectivity index (χ3n) is 3.61. The molecule has 2 aromatic carbocycles. The number of aryl methyl sites for hydroxylation is 2. The number of hydrogen-bond acceptors (Lipinski definition) is 3. The summed E-state index contributed by atoms with van der Waals surface area (Å²) in [5.74, 6) is 0.534. The Morgan fingerprint density at radius 3 is 2.83 bits per heavy atom. The second-order valence-electron chi connectivity index (χ2n) is 5.48. The van der Waals surface area contributed by atoms with Crippen LogP contribution in [0.25, 0.3) is 10.9 Å². The van der Waals surface area contributed by atoms with Crippen molar-refractivity contribution in [2.45, 2.75) is 13.8 Å². The molecule has 0 aliphatic rings. The van der Waals surface area contributed by atoms with E-state index in [0.717, 1.165) is 27.9 Å². The lowest BCUT2D eigenvalue weighted by molar-refractivity contribution is -0.118. The van der Waals surface area contributed by atoms with Crippen LogP contribution in [0.1, 0.15) is 11.1 Å². The Kier molecular flexibility index (Phi) is 4.24. The van der Waals surface area contributed by atoms with E-state index in [1.165, 1.54) is 5.56 Å². The predicted molar refractivity (Wildman–Crippen MR) is 91.8 cm³/mol. The second-order valence-corrected chi connectivity index (χ2v) is 5.48. The van der Waals surface area contributed by atoms with Crippen molar-refractivity contribution in [3.8, 4) is 5.75 Å². The smallest absolute Gasteiger partial charge is 0.262 e. The van der Waals surface area contributed by atoms with Crippen molar-refractivity contribution in [3.05, 3.63) is 65.9 Å². The van der Waals surface area contributed by atoms with Gasteiger partial charge in [0.25, 0.3) is 5.91 Å². The zero-order valence-corrected chi connectivity index (χ0v) is 13.2. The molecule has 3 aromatic rings. The van der Waals surface area contributed by atoms with Crippen LogP contribution < -0.4 is 10.1 Å². The van der Waals surface area contributed by atoms with Gasteiger partial charge in [-0.2, -0.15) is 0 Å². The van der Waals surface area contributed by atoms with E-state index in [4.69, 9.17) is 4.74 Å². The van der Waals surface area contributed by atoms with E-state index in [9.17, 15) is 4.79 Å². The first kappa shape index (κ1) is 15.0. The summed E-state index contributed by atoms with van der Waals surface area (Å²) in [6.07, 6.45) is 1.73. The second kappa shape index (κ2) is 6.48. The maximum atomic E-state index is 12.2. The highest BCUT2D eigenvalue weighted by atomic mass is 16.5. The molecule has 0 saturated heterocycles. The summed E-state index contributed by atoms with van der Waals surface area (Å²) in [4.78, 5) is 16.4.